The Balaban J connectivity index is 1.17. The van der Waals surface area contributed by atoms with E-state index < -0.39 is 0 Å². The summed E-state index contributed by atoms with van der Waals surface area (Å²) in [5, 5.41) is 19.0. The number of anilines is 1. The van der Waals surface area contributed by atoms with Gasteiger partial charge in [-0.1, -0.05) is 41.6 Å². The first-order valence-corrected chi connectivity index (χ1v) is 10.5. The predicted molar refractivity (Wildman–Crippen MR) is 126 cm³/mol. The third kappa shape index (κ3) is 4.73. The number of carbonyl (C=O) groups is 1. The maximum atomic E-state index is 13.8. The van der Waals surface area contributed by atoms with E-state index in [1.807, 2.05) is 36.4 Å². The fraction of sp³-hybridized carbons (Fsp3) is 0.0800. The quantitative estimate of drug-likeness (QED) is 0.339. The van der Waals surface area contributed by atoms with Gasteiger partial charge in [0.1, 0.15) is 23.9 Å². The molecule has 168 valence electrons. The number of nitrogens with one attached hydrogen (secondary N) is 1. The lowest BCUT2D eigenvalue weighted by Gasteiger charge is -2.04. The number of amides is 1. The van der Waals surface area contributed by atoms with Gasteiger partial charge >= 0.3 is 0 Å². The van der Waals surface area contributed by atoms with Gasteiger partial charge in [0.25, 0.3) is 5.91 Å². The minimum atomic E-state index is -0.276. The Morgan fingerprint density at radius 2 is 1.82 bits per heavy atom. The molecule has 4 aromatic rings. The number of para-hydroxylation sites is 1. The molecule has 9 heteroatoms. The molecule has 8 nitrogen and oxygen atoms in total. The number of rotatable bonds is 7. The molecule has 1 aliphatic rings. The van der Waals surface area contributed by atoms with Crippen molar-refractivity contribution in [3.05, 3.63) is 107 Å². The topological polar surface area (TPSA) is 93.8 Å². The van der Waals surface area contributed by atoms with Crippen molar-refractivity contribution in [2.45, 2.75) is 13.2 Å². The summed E-state index contributed by atoms with van der Waals surface area (Å²) in [6.07, 6.45) is 3.29. The average molecular weight is 454 g/mol. The van der Waals surface area contributed by atoms with E-state index in [2.05, 4.69) is 25.8 Å². The van der Waals surface area contributed by atoms with E-state index in [1.165, 1.54) is 6.07 Å². The van der Waals surface area contributed by atoms with Crippen LogP contribution in [0.3, 0.4) is 0 Å². The molecule has 1 aliphatic heterocycles. The molecule has 1 amide bonds. The molecule has 0 bridgehead atoms. The molecule has 1 aromatic heterocycles. The number of nitrogens with zero attached hydrogens (tertiary/aromatic N) is 5. The second-order valence-corrected chi connectivity index (χ2v) is 7.55. The van der Waals surface area contributed by atoms with Gasteiger partial charge in [0.05, 0.1) is 24.6 Å². The zero-order valence-electron chi connectivity index (χ0n) is 17.9. The van der Waals surface area contributed by atoms with Crippen LogP contribution in [0.2, 0.25) is 0 Å². The highest BCUT2D eigenvalue weighted by Gasteiger charge is 2.25. The number of benzene rings is 3. The Bertz CT molecular complexity index is 1390. The van der Waals surface area contributed by atoms with E-state index in [0.29, 0.717) is 23.6 Å². The molecule has 0 fully saturated rings. The van der Waals surface area contributed by atoms with Crippen molar-refractivity contribution < 1.29 is 13.9 Å². The molecule has 3 aromatic carbocycles. The van der Waals surface area contributed by atoms with Gasteiger partial charge in [0.15, 0.2) is 5.71 Å². The molecule has 0 radical (unpaired) electrons. The Morgan fingerprint density at radius 3 is 2.68 bits per heavy atom. The lowest BCUT2D eigenvalue weighted by Crippen LogP contribution is -2.13. The van der Waals surface area contributed by atoms with E-state index in [1.54, 1.807) is 47.4 Å². The zero-order valence-corrected chi connectivity index (χ0v) is 17.9. The number of hydrogen-bond acceptors (Lipinski definition) is 6. The number of hydrogen-bond donors (Lipinski definition) is 1. The maximum Gasteiger partial charge on any atom is 0.276 e. The third-order valence-corrected chi connectivity index (χ3v) is 5.15. The molecule has 0 saturated carbocycles. The largest absolute Gasteiger partial charge is 0.487 e. The first kappa shape index (κ1) is 21.2. The van der Waals surface area contributed by atoms with E-state index in [9.17, 15) is 9.18 Å². The molecule has 34 heavy (non-hydrogen) atoms. The number of halogens is 1. The minimum absolute atomic E-state index is 0.229. The highest BCUT2D eigenvalue weighted by molar-refractivity contribution is 6.53. The summed E-state index contributed by atoms with van der Waals surface area (Å²) >= 11 is 0. The molecule has 0 aliphatic carbocycles. The number of ether oxygens (including phenoxy) is 1. The highest BCUT2D eigenvalue weighted by atomic mass is 19.1. The van der Waals surface area contributed by atoms with E-state index in [4.69, 9.17) is 4.74 Å². The summed E-state index contributed by atoms with van der Waals surface area (Å²) in [7, 11) is 0. The zero-order chi connectivity index (χ0) is 23.3. The second kappa shape index (κ2) is 9.45. The SMILES string of the molecule is O=C1Nc2ccccc2/C1=N/N=C/c1ccc(OCc2cn(Cc3ccccc3F)nn2)cc1. The Kier molecular flexibility index (Phi) is 5.89. The minimum Gasteiger partial charge on any atom is -0.487 e. The van der Waals surface area contributed by atoms with Crippen molar-refractivity contribution in [2.24, 2.45) is 10.2 Å². The van der Waals surface area contributed by atoms with Crippen LogP contribution in [0.15, 0.2) is 89.2 Å². The number of aromatic nitrogens is 3. The van der Waals surface area contributed by atoms with Crippen LogP contribution in [0.25, 0.3) is 0 Å². The molecular weight excluding hydrogens is 435 g/mol. The smallest absolute Gasteiger partial charge is 0.276 e. The highest BCUT2D eigenvalue weighted by Crippen LogP contribution is 2.22. The fourth-order valence-corrected chi connectivity index (χ4v) is 3.45. The van der Waals surface area contributed by atoms with Gasteiger partial charge in [-0.05, 0) is 42.0 Å². The summed E-state index contributed by atoms with van der Waals surface area (Å²) in [5.41, 5.74) is 3.73. The Morgan fingerprint density at radius 1 is 1.03 bits per heavy atom. The van der Waals surface area contributed by atoms with Crippen LogP contribution in [-0.2, 0) is 17.9 Å². The third-order valence-electron chi connectivity index (χ3n) is 5.15. The van der Waals surface area contributed by atoms with E-state index >= 15 is 0 Å². The predicted octanol–water partition coefficient (Wildman–Crippen LogP) is 3.82. The summed E-state index contributed by atoms with van der Waals surface area (Å²) in [6.45, 7) is 0.526. The van der Waals surface area contributed by atoms with Crippen molar-refractivity contribution in [1.29, 1.82) is 0 Å². The van der Waals surface area contributed by atoms with E-state index in [0.717, 1.165) is 16.8 Å². The fourth-order valence-electron chi connectivity index (χ4n) is 3.45. The first-order valence-electron chi connectivity index (χ1n) is 10.5. The molecule has 2 heterocycles. The van der Waals surface area contributed by atoms with Crippen molar-refractivity contribution in [3.63, 3.8) is 0 Å². The van der Waals surface area contributed by atoms with Crippen LogP contribution in [0.5, 0.6) is 5.75 Å². The normalized spacial score (nSPS) is 13.9. The lowest BCUT2D eigenvalue weighted by atomic mass is 10.1. The molecule has 1 N–H and O–H groups in total. The summed E-state index contributed by atoms with van der Waals surface area (Å²) in [5.74, 6) is 0.103. The van der Waals surface area contributed by atoms with Gasteiger partial charge in [0.2, 0.25) is 0 Å². The Labute approximate surface area is 194 Å². The van der Waals surface area contributed by atoms with Crippen molar-refractivity contribution >= 4 is 23.5 Å². The van der Waals surface area contributed by atoms with Gasteiger partial charge in [-0.15, -0.1) is 10.2 Å². The maximum absolute atomic E-state index is 13.8. The monoisotopic (exact) mass is 454 g/mol. The van der Waals surface area contributed by atoms with Gasteiger partial charge in [-0.2, -0.15) is 5.10 Å². The average Bonchev–Trinajstić information content (AvgIpc) is 3.43. The lowest BCUT2D eigenvalue weighted by molar-refractivity contribution is -0.110. The molecule has 5 rings (SSSR count). The summed E-state index contributed by atoms with van der Waals surface area (Å²) < 4.78 is 21.1. The molecule has 0 saturated heterocycles. The van der Waals surface area contributed by atoms with Crippen LogP contribution < -0.4 is 10.1 Å². The first-order chi connectivity index (χ1) is 16.7. The van der Waals surface area contributed by atoms with Crippen LogP contribution in [0, 0.1) is 5.82 Å². The molecular formula is C25H19FN6O2. The van der Waals surface area contributed by atoms with Gasteiger partial charge in [0, 0.05) is 11.1 Å². The van der Waals surface area contributed by atoms with Crippen LogP contribution in [0.1, 0.15) is 22.4 Å². The molecule has 0 unspecified atom stereocenters. The summed E-state index contributed by atoms with van der Waals surface area (Å²) in [6, 6.07) is 21.2. The number of carbonyl (C=O) groups excluding carboxylic acids is 1. The van der Waals surface area contributed by atoms with Crippen LogP contribution >= 0.6 is 0 Å². The second-order valence-electron chi connectivity index (χ2n) is 7.55. The van der Waals surface area contributed by atoms with Crippen molar-refractivity contribution in [1.82, 2.24) is 15.0 Å². The van der Waals surface area contributed by atoms with Crippen molar-refractivity contribution in [2.75, 3.05) is 5.32 Å². The van der Waals surface area contributed by atoms with E-state index in [-0.39, 0.29) is 24.0 Å². The standard InChI is InChI=1S/C25H19FN6O2/c26-22-7-3-1-5-18(22)14-32-15-19(29-31-32)16-34-20-11-9-17(10-12-20)13-27-30-24-21-6-2-4-8-23(21)28-25(24)33/h1-13,15H,14,16H2,(H,28,30,33)/b27-13+. The van der Waals surface area contributed by atoms with Crippen molar-refractivity contribution in [3.8, 4) is 5.75 Å². The Hall–Kier alpha value is -4.66. The summed E-state index contributed by atoms with van der Waals surface area (Å²) in [4.78, 5) is 12.1. The van der Waals surface area contributed by atoms with Crippen LogP contribution in [-0.4, -0.2) is 32.8 Å². The van der Waals surface area contributed by atoms with Gasteiger partial charge < -0.3 is 10.1 Å². The molecule has 0 atom stereocenters. The van der Waals surface area contributed by atoms with Crippen LogP contribution in [0.4, 0.5) is 10.1 Å². The number of fused-ring (bicyclic) bond motifs is 1. The molecule has 0 spiro atoms. The van der Waals surface area contributed by atoms with Gasteiger partial charge in [-0.25, -0.2) is 9.07 Å². The van der Waals surface area contributed by atoms with Gasteiger partial charge in [-0.3, -0.25) is 4.79 Å².